The molecule has 0 saturated heterocycles. The van der Waals surface area contributed by atoms with Gasteiger partial charge in [-0.05, 0) is 24.6 Å². The third-order valence-electron chi connectivity index (χ3n) is 2.69. The van der Waals surface area contributed by atoms with Crippen LogP contribution in [0.4, 0.5) is 5.69 Å². The van der Waals surface area contributed by atoms with Gasteiger partial charge in [-0.3, -0.25) is 9.59 Å². The predicted octanol–water partition coefficient (Wildman–Crippen LogP) is 0.806. The number of nitrogens with zero attached hydrogens (tertiary/aromatic N) is 1. The molecule has 1 aliphatic rings. The Labute approximate surface area is 99.2 Å². The second-order valence-electron chi connectivity index (χ2n) is 3.96. The fourth-order valence-electron chi connectivity index (χ4n) is 1.83. The number of ether oxygens (including phenoxy) is 1. The fraction of sp³-hybridized carbons (Fsp3) is 0.333. The lowest BCUT2D eigenvalue weighted by Gasteiger charge is -2.31. The summed E-state index contributed by atoms with van der Waals surface area (Å²) in [6.07, 6.45) is -0.643. The number of fused-ring (bicyclic) bond motifs is 1. The van der Waals surface area contributed by atoms with Gasteiger partial charge in [-0.1, -0.05) is 6.07 Å². The molecule has 1 atom stereocenters. The molecule has 1 aliphatic heterocycles. The van der Waals surface area contributed by atoms with Gasteiger partial charge in [0.1, 0.15) is 5.75 Å². The number of rotatable bonds is 1. The van der Waals surface area contributed by atoms with Crippen molar-refractivity contribution < 1.29 is 14.3 Å². The van der Waals surface area contributed by atoms with Gasteiger partial charge in [-0.15, -0.1) is 0 Å². The molecular weight excluding hydrogens is 220 g/mol. The number of carbonyl (C=O) groups excluding carboxylic acids is 2. The Morgan fingerprint density at radius 1 is 1.53 bits per heavy atom. The summed E-state index contributed by atoms with van der Waals surface area (Å²) >= 11 is 0. The van der Waals surface area contributed by atoms with Crippen molar-refractivity contribution in [2.45, 2.75) is 26.5 Å². The summed E-state index contributed by atoms with van der Waals surface area (Å²) in [7, 11) is 0. The molecule has 2 amide bonds. The Bertz CT molecular complexity index is 485. The van der Waals surface area contributed by atoms with Crippen molar-refractivity contribution in [3.63, 3.8) is 0 Å². The van der Waals surface area contributed by atoms with Crippen molar-refractivity contribution in [3.8, 4) is 5.75 Å². The first-order valence-electron chi connectivity index (χ1n) is 5.38. The molecule has 5 heteroatoms. The molecule has 0 bridgehead atoms. The zero-order chi connectivity index (χ0) is 12.6. The first-order valence-corrected chi connectivity index (χ1v) is 5.38. The Hall–Kier alpha value is -1.88. The Morgan fingerprint density at radius 3 is 2.82 bits per heavy atom. The maximum Gasteiger partial charge on any atom is 0.274 e. The van der Waals surface area contributed by atoms with Crippen LogP contribution in [0.1, 0.15) is 19.4 Å². The highest BCUT2D eigenvalue weighted by molar-refractivity contribution is 6.17. The number of benzene rings is 1. The van der Waals surface area contributed by atoms with Crippen molar-refractivity contribution in [2.75, 3.05) is 4.90 Å². The summed E-state index contributed by atoms with van der Waals surface area (Å²) in [5, 5.41) is 0. The Kier molecular flexibility index (Phi) is 2.85. The molecular formula is C12H14N2O3. The van der Waals surface area contributed by atoms with Crippen molar-refractivity contribution in [2.24, 2.45) is 5.73 Å². The molecule has 0 radical (unpaired) electrons. The smallest absolute Gasteiger partial charge is 0.274 e. The summed E-state index contributed by atoms with van der Waals surface area (Å²) in [6, 6.07) is 5.26. The number of nitrogens with two attached hydrogens (primary N) is 1. The van der Waals surface area contributed by atoms with E-state index in [1.165, 1.54) is 6.92 Å². The van der Waals surface area contributed by atoms with Gasteiger partial charge < -0.3 is 10.5 Å². The summed E-state index contributed by atoms with van der Waals surface area (Å²) in [6.45, 7) is 3.33. The molecule has 0 aromatic heterocycles. The van der Waals surface area contributed by atoms with Gasteiger partial charge in [0.05, 0.1) is 5.69 Å². The highest BCUT2D eigenvalue weighted by Crippen LogP contribution is 2.34. The summed E-state index contributed by atoms with van der Waals surface area (Å²) in [4.78, 5) is 24.6. The van der Waals surface area contributed by atoms with E-state index < -0.39 is 6.10 Å². The number of hydrogen-bond donors (Lipinski definition) is 1. The minimum Gasteiger partial charge on any atom is -0.479 e. The molecule has 0 fully saturated rings. The lowest BCUT2D eigenvalue weighted by molar-refractivity contribution is -0.130. The highest BCUT2D eigenvalue weighted by atomic mass is 16.5. The molecule has 90 valence electrons. The Balaban J connectivity index is 2.55. The molecule has 1 aromatic carbocycles. The van der Waals surface area contributed by atoms with Gasteiger partial charge in [-0.25, -0.2) is 4.90 Å². The van der Waals surface area contributed by atoms with Crippen LogP contribution in [0.15, 0.2) is 18.2 Å². The molecule has 2 rings (SSSR count). The van der Waals surface area contributed by atoms with E-state index in [4.69, 9.17) is 10.5 Å². The van der Waals surface area contributed by atoms with E-state index in [-0.39, 0.29) is 11.8 Å². The number of amides is 2. The quantitative estimate of drug-likeness (QED) is 0.780. The highest BCUT2D eigenvalue weighted by Gasteiger charge is 2.34. The molecule has 17 heavy (non-hydrogen) atoms. The van der Waals surface area contributed by atoms with Gasteiger partial charge in [0.25, 0.3) is 5.91 Å². The van der Waals surface area contributed by atoms with Gasteiger partial charge >= 0.3 is 0 Å². The molecule has 0 spiro atoms. The van der Waals surface area contributed by atoms with Crippen molar-refractivity contribution >= 4 is 17.5 Å². The topological polar surface area (TPSA) is 72.6 Å². The third-order valence-corrected chi connectivity index (χ3v) is 2.69. The zero-order valence-corrected chi connectivity index (χ0v) is 9.77. The number of hydrogen-bond acceptors (Lipinski definition) is 4. The van der Waals surface area contributed by atoms with E-state index in [9.17, 15) is 9.59 Å². The second kappa shape index (κ2) is 4.18. The SMILES string of the molecule is CC(=O)N1C(=O)C(C)Oc2ccc(CN)cc21. The zero-order valence-electron chi connectivity index (χ0n) is 9.77. The van der Waals surface area contributed by atoms with Gasteiger partial charge in [-0.2, -0.15) is 0 Å². The average molecular weight is 234 g/mol. The van der Waals surface area contributed by atoms with E-state index >= 15 is 0 Å². The monoisotopic (exact) mass is 234 g/mol. The standard InChI is InChI=1S/C12H14N2O3/c1-7-12(16)14(8(2)15)10-5-9(6-13)3-4-11(10)17-7/h3-5,7H,6,13H2,1-2H3. The second-order valence-corrected chi connectivity index (χ2v) is 3.96. The van der Waals surface area contributed by atoms with E-state index in [0.717, 1.165) is 10.5 Å². The van der Waals surface area contributed by atoms with Crippen LogP contribution < -0.4 is 15.4 Å². The third kappa shape index (κ3) is 1.89. The van der Waals surface area contributed by atoms with Crippen LogP contribution in [0.25, 0.3) is 0 Å². The molecule has 0 saturated carbocycles. The van der Waals surface area contributed by atoms with Gasteiger partial charge in [0.15, 0.2) is 6.10 Å². The van der Waals surface area contributed by atoms with Crippen LogP contribution in [-0.2, 0) is 16.1 Å². The number of anilines is 1. The first kappa shape index (κ1) is 11.6. The van der Waals surface area contributed by atoms with E-state index in [1.807, 2.05) is 6.07 Å². The van der Waals surface area contributed by atoms with E-state index in [0.29, 0.717) is 18.0 Å². The molecule has 5 nitrogen and oxygen atoms in total. The first-order chi connectivity index (χ1) is 8.04. The lowest BCUT2D eigenvalue weighted by Crippen LogP contribution is -2.46. The van der Waals surface area contributed by atoms with Gasteiger partial charge in [0, 0.05) is 13.5 Å². The normalized spacial score (nSPS) is 18.6. The predicted molar refractivity (Wildman–Crippen MR) is 62.6 cm³/mol. The maximum atomic E-state index is 11.9. The van der Waals surface area contributed by atoms with Crippen LogP contribution in [0.2, 0.25) is 0 Å². The van der Waals surface area contributed by atoms with Crippen LogP contribution >= 0.6 is 0 Å². The van der Waals surface area contributed by atoms with E-state index in [2.05, 4.69) is 0 Å². The van der Waals surface area contributed by atoms with Crippen LogP contribution in [0, 0.1) is 0 Å². The molecule has 0 aliphatic carbocycles. The minimum absolute atomic E-state index is 0.319. The summed E-state index contributed by atoms with van der Waals surface area (Å²) < 4.78 is 5.44. The van der Waals surface area contributed by atoms with Crippen molar-refractivity contribution in [3.05, 3.63) is 23.8 Å². The number of carbonyl (C=O) groups is 2. The Morgan fingerprint density at radius 2 is 2.24 bits per heavy atom. The van der Waals surface area contributed by atoms with E-state index in [1.54, 1.807) is 19.1 Å². The molecule has 1 aromatic rings. The van der Waals surface area contributed by atoms with Gasteiger partial charge in [0.2, 0.25) is 5.91 Å². The fourth-order valence-corrected chi connectivity index (χ4v) is 1.83. The molecule has 1 unspecified atom stereocenters. The van der Waals surface area contributed by atoms with Crippen LogP contribution in [0.5, 0.6) is 5.75 Å². The summed E-state index contributed by atoms with van der Waals surface area (Å²) in [5.41, 5.74) is 6.86. The molecule has 1 heterocycles. The van der Waals surface area contributed by atoms with Crippen LogP contribution in [0.3, 0.4) is 0 Å². The summed E-state index contributed by atoms with van der Waals surface area (Å²) in [5.74, 6) is -0.135. The molecule has 2 N–H and O–H groups in total. The lowest BCUT2D eigenvalue weighted by atomic mass is 10.1. The van der Waals surface area contributed by atoms with Crippen molar-refractivity contribution in [1.29, 1.82) is 0 Å². The largest absolute Gasteiger partial charge is 0.479 e. The van der Waals surface area contributed by atoms with Crippen molar-refractivity contribution in [1.82, 2.24) is 0 Å². The average Bonchev–Trinajstić information content (AvgIpc) is 2.29. The minimum atomic E-state index is -0.643. The maximum absolute atomic E-state index is 11.9. The van der Waals surface area contributed by atoms with Crippen LogP contribution in [-0.4, -0.2) is 17.9 Å². The number of imide groups is 1.